The molecule has 1 aromatic carbocycles. The molecule has 1 saturated heterocycles. The number of β-amino-alcohol motifs (C(OH)–C–C–N with tert-alkyl or cyclic N) is 1. The Morgan fingerprint density at radius 2 is 2.16 bits per heavy atom. The number of halogens is 1. The van der Waals surface area contributed by atoms with E-state index in [0.29, 0.717) is 5.02 Å². The van der Waals surface area contributed by atoms with Crippen LogP contribution in [0, 0.1) is 0 Å². The van der Waals surface area contributed by atoms with Crippen LogP contribution in [0.1, 0.15) is 18.9 Å². The molecule has 1 aromatic rings. The van der Waals surface area contributed by atoms with Crippen molar-refractivity contribution in [3.8, 4) is 0 Å². The number of esters is 1. The summed E-state index contributed by atoms with van der Waals surface area (Å²) in [5.74, 6) is -1.40. The molecule has 0 unspecified atom stereocenters. The molecule has 0 radical (unpaired) electrons. The van der Waals surface area contributed by atoms with Crippen molar-refractivity contribution in [3.63, 3.8) is 0 Å². The number of hydrogen-bond acceptors (Lipinski definition) is 5. The maximum absolute atomic E-state index is 12.5. The van der Waals surface area contributed by atoms with E-state index in [0.717, 1.165) is 5.56 Å². The lowest BCUT2D eigenvalue weighted by Crippen LogP contribution is -2.51. The predicted octanol–water partition coefficient (Wildman–Crippen LogP) is 0.522. The minimum Gasteiger partial charge on any atom is -0.467 e. The third-order valence-corrected chi connectivity index (χ3v) is 4.35. The van der Waals surface area contributed by atoms with E-state index in [9.17, 15) is 19.5 Å². The molecule has 136 valence electrons. The third kappa shape index (κ3) is 4.93. The summed E-state index contributed by atoms with van der Waals surface area (Å²) in [6.07, 6.45) is -0.422. The van der Waals surface area contributed by atoms with Crippen LogP contribution in [0.15, 0.2) is 24.3 Å². The van der Waals surface area contributed by atoms with Gasteiger partial charge in [0.2, 0.25) is 11.8 Å². The van der Waals surface area contributed by atoms with Gasteiger partial charge in [-0.25, -0.2) is 4.79 Å². The average molecular weight is 369 g/mol. The van der Waals surface area contributed by atoms with Crippen LogP contribution in [-0.2, 0) is 25.5 Å². The number of aliphatic hydroxyl groups is 1. The van der Waals surface area contributed by atoms with Gasteiger partial charge in [-0.15, -0.1) is 0 Å². The molecular weight excluding hydrogens is 348 g/mol. The second-order valence-electron chi connectivity index (χ2n) is 6.00. The maximum Gasteiger partial charge on any atom is 0.328 e. The first-order chi connectivity index (χ1) is 11.8. The average Bonchev–Trinajstić information content (AvgIpc) is 2.96. The smallest absolute Gasteiger partial charge is 0.328 e. The molecule has 7 nitrogen and oxygen atoms in total. The molecule has 1 aliphatic heterocycles. The molecule has 25 heavy (non-hydrogen) atoms. The van der Waals surface area contributed by atoms with E-state index in [2.05, 4.69) is 5.32 Å². The van der Waals surface area contributed by atoms with Gasteiger partial charge in [0.25, 0.3) is 0 Å². The fourth-order valence-corrected chi connectivity index (χ4v) is 3.13. The molecule has 1 fully saturated rings. The zero-order chi connectivity index (χ0) is 18.6. The first-order valence-corrected chi connectivity index (χ1v) is 8.27. The Balaban J connectivity index is 2.12. The lowest BCUT2D eigenvalue weighted by Gasteiger charge is -2.24. The molecule has 2 rings (SSSR count). The van der Waals surface area contributed by atoms with Crippen molar-refractivity contribution in [1.29, 1.82) is 0 Å². The van der Waals surface area contributed by atoms with Gasteiger partial charge in [0.1, 0.15) is 12.1 Å². The molecule has 2 N–H and O–H groups in total. The molecule has 0 aromatic heterocycles. The molecule has 2 amide bonds. The minimum absolute atomic E-state index is 0.102. The maximum atomic E-state index is 12.5. The highest BCUT2D eigenvalue weighted by Gasteiger charge is 2.38. The highest BCUT2D eigenvalue weighted by Crippen LogP contribution is 2.19. The SMILES string of the molecule is COC(=O)[C@H](Cc1cccc(Cl)c1)NC(=O)[C@@H]1C[C@@H](O)CN1C(C)=O. The van der Waals surface area contributed by atoms with Gasteiger partial charge in [-0.3, -0.25) is 9.59 Å². The van der Waals surface area contributed by atoms with Crippen LogP contribution >= 0.6 is 11.6 Å². The fourth-order valence-electron chi connectivity index (χ4n) is 2.91. The summed E-state index contributed by atoms with van der Waals surface area (Å²) in [7, 11) is 1.24. The van der Waals surface area contributed by atoms with Gasteiger partial charge in [0.15, 0.2) is 0 Å². The van der Waals surface area contributed by atoms with Gasteiger partial charge < -0.3 is 20.1 Å². The summed E-state index contributed by atoms with van der Waals surface area (Å²) < 4.78 is 4.76. The monoisotopic (exact) mass is 368 g/mol. The normalized spacial score (nSPS) is 20.9. The van der Waals surface area contributed by atoms with E-state index in [1.165, 1.54) is 18.9 Å². The number of rotatable bonds is 5. The zero-order valence-corrected chi connectivity index (χ0v) is 14.8. The first-order valence-electron chi connectivity index (χ1n) is 7.89. The number of carbonyl (C=O) groups is 3. The first kappa shape index (κ1) is 19.2. The summed E-state index contributed by atoms with van der Waals surface area (Å²) in [4.78, 5) is 37.5. The highest BCUT2D eigenvalue weighted by molar-refractivity contribution is 6.30. The van der Waals surface area contributed by atoms with Crippen LogP contribution in [0.5, 0.6) is 0 Å². The molecule has 0 aliphatic carbocycles. The lowest BCUT2D eigenvalue weighted by molar-refractivity contribution is -0.146. The fraction of sp³-hybridized carbons (Fsp3) is 0.471. The van der Waals surface area contributed by atoms with Crippen LogP contribution in [0.4, 0.5) is 0 Å². The summed E-state index contributed by atoms with van der Waals surface area (Å²) in [6.45, 7) is 1.44. The standard InChI is InChI=1S/C17H21ClN2O5/c1-10(21)20-9-13(22)8-15(20)16(23)19-14(17(24)25-2)7-11-4-3-5-12(18)6-11/h3-6,13-15,22H,7-9H2,1-2H3,(H,19,23)/t13-,14+,15+/m1/s1. The van der Waals surface area contributed by atoms with Crippen molar-refractivity contribution < 1.29 is 24.2 Å². The van der Waals surface area contributed by atoms with Gasteiger partial charge in [-0.05, 0) is 17.7 Å². The Labute approximate surface area is 150 Å². The van der Waals surface area contributed by atoms with E-state index in [-0.39, 0.29) is 25.3 Å². The Kier molecular flexibility index (Phi) is 6.39. The second kappa shape index (κ2) is 8.31. The van der Waals surface area contributed by atoms with Crippen molar-refractivity contribution in [3.05, 3.63) is 34.9 Å². The number of hydrogen-bond donors (Lipinski definition) is 2. The largest absolute Gasteiger partial charge is 0.467 e. The van der Waals surface area contributed by atoms with Gasteiger partial charge in [-0.2, -0.15) is 0 Å². The topological polar surface area (TPSA) is 95.9 Å². The number of carbonyl (C=O) groups excluding carboxylic acids is 3. The Morgan fingerprint density at radius 1 is 1.44 bits per heavy atom. The zero-order valence-electron chi connectivity index (χ0n) is 14.1. The van der Waals surface area contributed by atoms with Crippen LogP contribution in [0.2, 0.25) is 5.02 Å². The number of nitrogens with one attached hydrogen (secondary N) is 1. The molecule has 0 bridgehead atoms. The quantitative estimate of drug-likeness (QED) is 0.739. The van der Waals surface area contributed by atoms with Crippen LogP contribution < -0.4 is 5.32 Å². The van der Waals surface area contributed by atoms with E-state index < -0.39 is 30.1 Å². The minimum atomic E-state index is -0.914. The summed E-state index contributed by atoms with van der Waals surface area (Å²) in [5.41, 5.74) is 0.762. The Hall–Kier alpha value is -2.12. The molecule has 1 aliphatic rings. The lowest BCUT2D eigenvalue weighted by atomic mass is 10.0. The van der Waals surface area contributed by atoms with Crippen molar-refractivity contribution in [1.82, 2.24) is 10.2 Å². The van der Waals surface area contributed by atoms with Crippen molar-refractivity contribution in [2.24, 2.45) is 0 Å². The van der Waals surface area contributed by atoms with E-state index >= 15 is 0 Å². The van der Waals surface area contributed by atoms with Gasteiger partial charge in [0.05, 0.1) is 13.2 Å². The Morgan fingerprint density at radius 3 is 2.76 bits per heavy atom. The van der Waals surface area contributed by atoms with E-state index in [1.807, 2.05) is 0 Å². The third-order valence-electron chi connectivity index (χ3n) is 4.12. The molecule has 0 spiro atoms. The molecule has 1 heterocycles. The molecule has 8 heteroatoms. The number of ether oxygens (including phenoxy) is 1. The molecular formula is C17H21ClN2O5. The number of likely N-dealkylation sites (tertiary alicyclic amines) is 1. The van der Waals surface area contributed by atoms with Crippen molar-refractivity contribution in [2.45, 2.75) is 38.0 Å². The Bertz CT molecular complexity index is 666. The predicted molar refractivity (Wildman–Crippen MR) is 90.9 cm³/mol. The van der Waals surface area contributed by atoms with Crippen molar-refractivity contribution >= 4 is 29.4 Å². The number of methoxy groups -OCH3 is 1. The van der Waals surface area contributed by atoms with Crippen LogP contribution in [0.3, 0.4) is 0 Å². The van der Waals surface area contributed by atoms with Crippen molar-refractivity contribution in [2.75, 3.05) is 13.7 Å². The molecule has 3 atom stereocenters. The highest BCUT2D eigenvalue weighted by atomic mass is 35.5. The number of benzene rings is 1. The summed E-state index contributed by atoms with van der Waals surface area (Å²) >= 11 is 5.95. The number of nitrogens with zero attached hydrogens (tertiary/aromatic N) is 1. The van der Waals surface area contributed by atoms with Gasteiger partial charge >= 0.3 is 5.97 Å². The summed E-state index contributed by atoms with van der Waals surface area (Å²) in [5, 5.41) is 12.9. The van der Waals surface area contributed by atoms with Crippen LogP contribution in [-0.4, -0.2) is 59.6 Å². The summed E-state index contributed by atoms with van der Waals surface area (Å²) in [6, 6.07) is 5.22. The van der Waals surface area contributed by atoms with E-state index in [4.69, 9.17) is 16.3 Å². The van der Waals surface area contributed by atoms with Gasteiger partial charge in [0, 0.05) is 31.3 Å². The number of amides is 2. The number of aliphatic hydroxyl groups excluding tert-OH is 1. The van der Waals surface area contributed by atoms with Crippen LogP contribution in [0.25, 0.3) is 0 Å². The second-order valence-corrected chi connectivity index (χ2v) is 6.43. The van der Waals surface area contributed by atoms with Gasteiger partial charge in [-0.1, -0.05) is 23.7 Å². The molecule has 0 saturated carbocycles. The van der Waals surface area contributed by atoms with E-state index in [1.54, 1.807) is 24.3 Å².